The molecule has 1 aliphatic heterocycles. The molecule has 0 amide bonds. The molecule has 0 aromatic carbocycles. The second kappa shape index (κ2) is 7.43. The summed E-state index contributed by atoms with van der Waals surface area (Å²) in [6.45, 7) is 5.59. The van der Waals surface area contributed by atoms with E-state index in [1.165, 1.54) is 9.75 Å². The fourth-order valence-corrected chi connectivity index (χ4v) is 4.58. The summed E-state index contributed by atoms with van der Waals surface area (Å²) in [5.41, 5.74) is 4.03. The van der Waals surface area contributed by atoms with Crippen molar-refractivity contribution in [1.29, 1.82) is 0 Å². The molecule has 1 fully saturated rings. The normalized spacial score (nSPS) is 18.0. The van der Waals surface area contributed by atoms with Crippen molar-refractivity contribution in [2.75, 3.05) is 19.7 Å². The van der Waals surface area contributed by atoms with E-state index in [9.17, 15) is 0 Å². The summed E-state index contributed by atoms with van der Waals surface area (Å²) in [5.74, 6) is 0. The van der Waals surface area contributed by atoms with Gasteiger partial charge in [0.05, 0.1) is 12.1 Å². The van der Waals surface area contributed by atoms with E-state index < -0.39 is 0 Å². The predicted octanol–water partition coefficient (Wildman–Crippen LogP) is 3.73. The molecule has 0 spiro atoms. The van der Waals surface area contributed by atoms with E-state index >= 15 is 0 Å². The number of morpholine rings is 1. The van der Waals surface area contributed by atoms with E-state index in [0.717, 1.165) is 42.0 Å². The highest BCUT2D eigenvalue weighted by Crippen LogP contribution is 2.27. The molecule has 28 heavy (non-hydrogen) atoms. The number of nitrogens with zero attached hydrogens (tertiary/aromatic N) is 5. The Morgan fingerprint density at radius 2 is 2.14 bits per heavy atom. The van der Waals surface area contributed by atoms with E-state index in [4.69, 9.17) is 4.74 Å². The van der Waals surface area contributed by atoms with E-state index in [1.54, 1.807) is 6.20 Å². The lowest BCUT2D eigenvalue weighted by Gasteiger charge is -2.31. The quantitative estimate of drug-likeness (QED) is 0.530. The molecule has 142 valence electrons. The molecule has 0 aliphatic carbocycles. The van der Waals surface area contributed by atoms with Crippen LogP contribution in [-0.4, -0.2) is 44.4 Å². The molecule has 0 unspecified atom stereocenters. The van der Waals surface area contributed by atoms with Gasteiger partial charge in [-0.25, -0.2) is 4.52 Å². The molecule has 7 heteroatoms. The summed E-state index contributed by atoms with van der Waals surface area (Å²) in [6, 6.07) is 12.5. The van der Waals surface area contributed by atoms with Crippen LogP contribution >= 0.6 is 11.3 Å². The Morgan fingerprint density at radius 1 is 1.18 bits per heavy atom. The number of ether oxygens (including phenoxy) is 1. The minimum absolute atomic E-state index is 0.0587. The van der Waals surface area contributed by atoms with Crippen molar-refractivity contribution in [1.82, 2.24) is 24.7 Å². The maximum absolute atomic E-state index is 6.05. The third-order valence-corrected chi connectivity index (χ3v) is 6.05. The average molecular weight is 392 g/mol. The lowest BCUT2D eigenvalue weighted by molar-refractivity contribution is -0.0340. The Kier molecular flexibility index (Phi) is 4.64. The second-order valence-electron chi connectivity index (χ2n) is 7.07. The van der Waals surface area contributed by atoms with Crippen LogP contribution in [0.4, 0.5) is 0 Å². The van der Waals surface area contributed by atoms with Crippen molar-refractivity contribution in [3.05, 3.63) is 70.4 Å². The number of hydrogen-bond donors (Lipinski definition) is 0. The molecule has 0 radical (unpaired) electrons. The van der Waals surface area contributed by atoms with Gasteiger partial charge in [0.2, 0.25) is 0 Å². The highest BCUT2D eigenvalue weighted by Gasteiger charge is 2.26. The summed E-state index contributed by atoms with van der Waals surface area (Å²) in [4.78, 5) is 9.38. The van der Waals surface area contributed by atoms with E-state index in [-0.39, 0.29) is 6.10 Å². The van der Waals surface area contributed by atoms with Crippen molar-refractivity contribution >= 4 is 16.9 Å². The number of thiophene rings is 1. The van der Waals surface area contributed by atoms with Crippen LogP contribution in [0, 0.1) is 6.92 Å². The number of aryl methyl sites for hydroxylation is 1. The number of pyridine rings is 2. The number of hydrogen-bond acceptors (Lipinski definition) is 6. The average Bonchev–Trinajstić information content (AvgIpc) is 3.34. The molecule has 5 rings (SSSR count). The van der Waals surface area contributed by atoms with Crippen LogP contribution in [0.3, 0.4) is 0 Å². The highest BCUT2D eigenvalue weighted by molar-refractivity contribution is 7.11. The van der Waals surface area contributed by atoms with Crippen LogP contribution in [0.1, 0.15) is 21.6 Å². The molecule has 5 heterocycles. The minimum atomic E-state index is -0.0587. The SMILES string of the molecule is Cc1ccc(CN2CCO[C@@H](c3nnn4cc(-c5cccnc5)ccc34)C2)s1. The van der Waals surface area contributed by atoms with Gasteiger partial charge in [-0.05, 0) is 31.2 Å². The van der Waals surface area contributed by atoms with Crippen LogP contribution < -0.4 is 0 Å². The van der Waals surface area contributed by atoms with E-state index in [1.807, 2.05) is 40.4 Å². The van der Waals surface area contributed by atoms with Gasteiger partial charge in [-0.1, -0.05) is 17.3 Å². The standard InChI is InChI=1S/C21H21N5OS/c1-15-4-6-18(28-15)13-25-9-10-27-20(14-25)21-19-7-5-17(12-26(19)24-23-21)16-3-2-8-22-11-16/h2-8,11-12,20H,9-10,13-14H2,1H3/t20-/m1/s1. The van der Waals surface area contributed by atoms with Gasteiger partial charge < -0.3 is 4.74 Å². The molecule has 0 N–H and O–H groups in total. The van der Waals surface area contributed by atoms with Gasteiger partial charge in [0, 0.05) is 59.1 Å². The van der Waals surface area contributed by atoms with Gasteiger partial charge in [0.1, 0.15) is 11.8 Å². The van der Waals surface area contributed by atoms with Crippen LogP contribution in [0.25, 0.3) is 16.6 Å². The van der Waals surface area contributed by atoms with Crippen LogP contribution in [0.15, 0.2) is 55.0 Å². The largest absolute Gasteiger partial charge is 0.369 e. The first-order valence-corrected chi connectivity index (χ1v) is 10.2. The number of aromatic nitrogens is 4. The van der Waals surface area contributed by atoms with Gasteiger partial charge in [0.15, 0.2) is 0 Å². The lowest BCUT2D eigenvalue weighted by Crippen LogP contribution is -2.37. The van der Waals surface area contributed by atoms with Crippen LogP contribution in [0.5, 0.6) is 0 Å². The first-order chi connectivity index (χ1) is 13.8. The molecule has 4 aromatic rings. The maximum atomic E-state index is 6.05. The number of rotatable bonds is 4. The topological polar surface area (TPSA) is 55.5 Å². The molecular formula is C21H21N5OS. The van der Waals surface area contributed by atoms with Gasteiger partial charge in [0.25, 0.3) is 0 Å². The van der Waals surface area contributed by atoms with Crippen molar-refractivity contribution in [2.45, 2.75) is 19.6 Å². The summed E-state index contributed by atoms with van der Waals surface area (Å²) in [6.07, 6.45) is 5.57. The summed E-state index contributed by atoms with van der Waals surface area (Å²) in [5, 5.41) is 8.79. The van der Waals surface area contributed by atoms with E-state index in [2.05, 4.69) is 51.4 Å². The van der Waals surface area contributed by atoms with Crippen molar-refractivity contribution in [3.8, 4) is 11.1 Å². The zero-order chi connectivity index (χ0) is 18.9. The minimum Gasteiger partial charge on any atom is -0.369 e. The Balaban J connectivity index is 1.38. The maximum Gasteiger partial charge on any atom is 0.121 e. The first kappa shape index (κ1) is 17.5. The zero-order valence-electron chi connectivity index (χ0n) is 15.7. The van der Waals surface area contributed by atoms with Crippen molar-refractivity contribution in [3.63, 3.8) is 0 Å². The fourth-order valence-electron chi connectivity index (χ4n) is 3.65. The Morgan fingerprint density at radius 3 is 2.96 bits per heavy atom. The molecule has 6 nitrogen and oxygen atoms in total. The molecular weight excluding hydrogens is 370 g/mol. The zero-order valence-corrected chi connectivity index (χ0v) is 16.5. The Hall–Kier alpha value is -2.61. The Labute approximate surface area is 167 Å². The van der Waals surface area contributed by atoms with Crippen molar-refractivity contribution < 1.29 is 4.74 Å². The van der Waals surface area contributed by atoms with Crippen LogP contribution in [-0.2, 0) is 11.3 Å². The molecule has 1 saturated heterocycles. The van der Waals surface area contributed by atoms with Crippen LogP contribution in [0.2, 0.25) is 0 Å². The fraction of sp³-hybridized carbons (Fsp3) is 0.286. The monoisotopic (exact) mass is 391 g/mol. The molecule has 4 aromatic heterocycles. The molecule has 0 saturated carbocycles. The third-order valence-electron chi connectivity index (χ3n) is 5.07. The predicted molar refractivity (Wildman–Crippen MR) is 109 cm³/mol. The first-order valence-electron chi connectivity index (χ1n) is 9.41. The summed E-state index contributed by atoms with van der Waals surface area (Å²) in [7, 11) is 0. The third kappa shape index (κ3) is 3.44. The smallest absolute Gasteiger partial charge is 0.121 e. The highest BCUT2D eigenvalue weighted by atomic mass is 32.1. The van der Waals surface area contributed by atoms with Crippen molar-refractivity contribution in [2.24, 2.45) is 0 Å². The molecule has 1 aliphatic rings. The van der Waals surface area contributed by atoms with Gasteiger partial charge in [-0.2, -0.15) is 0 Å². The molecule has 0 bridgehead atoms. The van der Waals surface area contributed by atoms with Gasteiger partial charge >= 0.3 is 0 Å². The summed E-state index contributed by atoms with van der Waals surface area (Å²) >= 11 is 1.86. The number of fused-ring (bicyclic) bond motifs is 1. The van der Waals surface area contributed by atoms with Gasteiger partial charge in [-0.3, -0.25) is 9.88 Å². The molecule has 1 atom stereocenters. The summed E-state index contributed by atoms with van der Waals surface area (Å²) < 4.78 is 7.89. The Bertz CT molecular complexity index is 1090. The second-order valence-corrected chi connectivity index (χ2v) is 8.44. The lowest BCUT2D eigenvalue weighted by atomic mass is 10.1. The van der Waals surface area contributed by atoms with Gasteiger partial charge in [-0.15, -0.1) is 16.4 Å². The van der Waals surface area contributed by atoms with E-state index in [0.29, 0.717) is 6.61 Å².